The van der Waals surface area contributed by atoms with E-state index in [9.17, 15) is 9.59 Å². The molecular weight excluding hydrogens is 610 g/mol. The Morgan fingerprint density at radius 1 is 0.915 bits per heavy atom. The van der Waals surface area contributed by atoms with E-state index < -0.39 is 6.04 Å². The number of carbonyl (C=O) groups is 2. The Hall–Kier alpha value is -4.24. The van der Waals surface area contributed by atoms with Gasteiger partial charge >= 0.3 is 0 Å². The van der Waals surface area contributed by atoms with Crippen LogP contribution in [0.1, 0.15) is 101 Å². The molecule has 1 atom stereocenters. The molecule has 0 spiro atoms. The average Bonchev–Trinajstić information content (AvgIpc) is 3.60. The van der Waals surface area contributed by atoms with Crippen molar-refractivity contribution in [2.75, 3.05) is 5.32 Å². The van der Waals surface area contributed by atoms with E-state index in [1.165, 1.54) is 62.8 Å². The molecule has 0 aliphatic carbocycles. The topological polar surface area (TPSA) is 105 Å². The van der Waals surface area contributed by atoms with Gasteiger partial charge in [0.05, 0.1) is 22.8 Å². The standard InChI is InChI=1S/C37H46ClN7O2/c1-3-4-5-6-7-8-9-10-11-12-16-19-34(46)39-29-21-22-30(38)31(25-29)40-36-35(45-33-23-20-27(2)24-32(33)41-43-45)37(47)44(42-36)26-28-17-14-13-15-18-28/h13-15,17-18,20-25,35H,3-12,16,19,26H2,1-2H3,(H,39,46)(H,40,42). The van der Waals surface area contributed by atoms with E-state index in [4.69, 9.17) is 16.6 Å². The molecule has 4 aromatic rings. The number of amides is 2. The number of carbonyl (C=O) groups excluding carboxylic acids is 2. The molecular formula is C37H46ClN7O2. The van der Waals surface area contributed by atoms with Crippen molar-refractivity contribution in [3.05, 3.63) is 82.9 Å². The number of anilines is 1. The van der Waals surface area contributed by atoms with Crippen molar-refractivity contribution >= 4 is 51.7 Å². The van der Waals surface area contributed by atoms with Crippen molar-refractivity contribution in [1.29, 1.82) is 0 Å². The van der Waals surface area contributed by atoms with E-state index >= 15 is 0 Å². The minimum Gasteiger partial charge on any atom is -0.326 e. The van der Waals surface area contributed by atoms with Crippen LogP contribution < -0.4 is 10.7 Å². The van der Waals surface area contributed by atoms with Crippen molar-refractivity contribution in [1.82, 2.24) is 25.4 Å². The summed E-state index contributed by atoms with van der Waals surface area (Å²) in [5.74, 6) is 0.115. The molecule has 0 bridgehead atoms. The van der Waals surface area contributed by atoms with Gasteiger partial charge in [-0.05, 0) is 54.8 Å². The number of hydrogen-bond donors (Lipinski definition) is 2. The Morgan fingerprint density at radius 3 is 2.34 bits per heavy atom. The number of hydrogen-bond acceptors (Lipinski definition) is 5. The van der Waals surface area contributed by atoms with E-state index in [0.29, 0.717) is 40.7 Å². The Labute approximate surface area is 282 Å². The van der Waals surface area contributed by atoms with Gasteiger partial charge in [-0.2, -0.15) is 0 Å². The lowest BCUT2D eigenvalue weighted by molar-refractivity contribution is -0.132. The number of fused-ring (bicyclic) bond motifs is 1. The fourth-order valence-electron chi connectivity index (χ4n) is 5.93. The summed E-state index contributed by atoms with van der Waals surface area (Å²) in [6.07, 6.45) is 14.1. The summed E-state index contributed by atoms with van der Waals surface area (Å²) < 4.78 is 1.60. The molecule has 1 aliphatic rings. The maximum Gasteiger partial charge on any atom is 0.274 e. The monoisotopic (exact) mass is 655 g/mol. The van der Waals surface area contributed by atoms with Crippen LogP contribution in [-0.2, 0) is 16.1 Å². The maximum atomic E-state index is 13.9. The van der Waals surface area contributed by atoms with Crippen LogP contribution in [0.25, 0.3) is 11.0 Å². The molecule has 9 nitrogen and oxygen atoms in total. The minimum atomic E-state index is -0.873. The summed E-state index contributed by atoms with van der Waals surface area (Å²) in [6, 6.07) is 19.9. The van der Waals surface area contributed by atoms with Crippen LogP contribution in [0.2, 0.25) is 5.02 Å². The van der Waals surface area contributed by atoms with E-state index in [1.807, 2.05) is 55.5 Å². The zero-order valence-electron chi connectivity index (χ0n) is 27.6. The lowest BCUT2D eigenvalue weighted by atomic mass is 10.1. The highest BCUT2D eigenvalue weighted by atomic mass is 35.5. The van der Waals surface area contributed by atoms with E-state index in [2.05, 4.69) is 28.0 Å². The fourth-order valence-corrected chi connectivity index (χ4v) is 6.09. The quantitative estimate of drug-likeness (QED) is 0.111. The predicted octanol–water partition coefficient (Wildman–Crippen LogP) is 8.85. The van der Waals surface area contributed by atoms with Gasteiger partial charge in [0.2, 0.25) is 5.91 Å². The molecule has 1 aliphatic heterocycles. The number of aromatic nitrogens is 3. The SMILES string of the molecule is CCCCCCCCCCCCCC(=O)Nc1ccc(Cl)c(N=C2NN(Cc3ccccc3)C(=O)C2n2nnc3cc(C)ccc32)c1. The Balaban J connectivity index is 1.24. The van der Waals surface area contributed by atoms with Crippen LogP contribution in [0.3, 0.4) is 0 Å². The molecule has 1 fully saturated rings. The molecule has 0 saturated carbocycles. The molecule has 248 valence electrons. The number of hydrazine groups is 1. The van der Waals surface area contributed by atoms with Crippen molar-refractivity contribution in [2.45, 2.75) is 103 Å². The highest BCUT2D eigenvalue weighted by Crippen LogP contribution is 2.32. The zero-order chi connectivity index (χ0) is 33.0. The Morgan fingerprint density at radius 2 is 1.62 bits per heavy atom. The molecule has 1 aromatic heterocycles. The molecule has 10 heteroatoms. The first-order valence-corrected chi connectivity index (χ1v) is 17.4. The van der Waals surface area contributed by atoms with Gasteiger partial charge in [0.15, 0.2) is 11.9 Å². The van der Waals surface area contributed by atoms with Crippen LogP contribution >= 0.6 is 11.6 Å². The molecule has 2 heterocycles. The van der Waals surface area contributed by atoms with Gasteiger partial charge in [0.1, 0.15) is 5.52 Å². The number of unbranched alkanes of at least 4 members (excludes halogenated alkanes) is 10. The number of nitrogens with one attached hydrogen (secondary N) is 2. The van der Waals surface area contributed by atoms with Crippen molar-refractivity contribution in [3.8, 4) is 0 Å². The van der Waals surface area contributed by atoms with Crippen molar-refractivity contribution in [2.24, 2.45) is 4.99 Å². The van der Waals surface area contributed by atoms with Crippen LogP contribution in [0.15, 0.2) is 71.7 Å². The largest absolute Gasteiger partial charge is 0.326 e. The summed E-state index contributed by atoms with van der Waals surface area (Å²) >= 11 is 6.60. The second-order valence-electron chi connectivity index (χ2n) is 12.4. The lowest BCUT2D eigenvalue weighted by Gasteiger charge is -2.15. The minimum absolute atomic E-state index is 0.0349. The van der Waals surface area contributed by atoms with Crippen LogP contribution in [0.4, 0.5) is 11.4 Å². The number of benzene rings is 3. The normalized spacial score (nSPS) is 15.5. The lowest BCUT2D eigenvalue weighted by Crippen LogP contribution is -2.35. The van der Waals surface area contributed by atoms with E-state index in [-0.39, 0.29) is 11.8 Å². The fraction of sp³-hybridized carbons (Fsp3) is 0.432. The number of rotatable bonds is 17. The molecule has 0 radical (unpaired) electrons. The van der Waals surface area contributed by atoms with Gasteiger partial charge in [0, 0.05) is 12.1 Å². The summed E-state index contributed by atoms with van der Waals surface area (Å²) in [4.78, 5) is 31.5. The van der Waals surface area contributed by atoms with E-state index in [1.54, 1.807) is 22.9 Å². The smallest absolute Gasteiger partial charge is 0.274 e. The third kappa shape index (κ3) is 9.41. The molecule has 2 N–H and O–H groups in total. The summed E-state index contributed by atoms with van der Waals surface area (Å²) in [6.45, 7) is 4.57. The molecule has 5 rings (SSSR count). The number of aryl methyl sites for hydroxylation is 1. The average molecular weight is 656 g/mol. The Kier molecular flexibility index (Phi) is 12.4. The van der Waals surface area contributed by atoms with E-state index in [0.717, 1.165) is 29.5 Å². The van der Waals surface area contributed by atoms with Crippen LogP contribution in [-0.4, -0.2) is 37.7 Å². The van der Waals surface area contributed by atoms with Gasteiger partial charge < -0.3 is 5.32 Å². The number of halogens is 1. The number of aliphatic imine (C=N–C) groups is 1. The zero-order valence-corrected chi connectivity index (χ0v) is 28.3. The number of amidine groups is 1. The molecule has 3 aromatic carbocycles. The predicted molar refractivity (Wildman–Crippen MR) is 190 cm³/mol. The summed E-state index contributed by atoms with van der Waals surface area (Å²) in [5, 5.41) is 13.6. The highest BCUT2D eigenvalue weighted by Gasteiger charge is 2.40. The van der Waals surface area contributed by atoms with Crippen LogP contribution in [0.5, 0.6) is 0 Å². The third-order valence-electron chi connectivity index (χ3n) is 8.54. The summed E-state index contributed by atoms with van der Waals surface area (Å²) in [5.41, 5.74) is 7.67. The van der Waals surface area contributed by atoms with Gasteiger partial charge in [-0.1, -0.05) is 124 Å². The van der Waals surface area contributed by atoms with Gasteiger partial charge in [-0.3, -0.25) is 15.0 Å². The Bertz CT molecular complexity index is 1670. The molecule has 2 amide bonds. The second-order valence-corrected chi connectivity index (χ2v) is 12.9. The van der Waals surface area contributed by atoms with Gasteiger partial charge in [-0.25, -0.2) is 14.7 Å². The van der Waals surface area contributed by atoms with Crippen LogP contribution in [0, 0.1) is 6.92 Å². The van der Waals surface area contributed by atoms with Crippen molar-refractivity contribution in [3.63, 3.8) is 0 Å². The number of nitrogens with zero attached hydrogens (tertiary/aromatic N) is 5. The first-order chi connectivity index (χ1) is 22.9. The third-order valence-corrected chi connectivity index (χ3v) is 8.86. The van der Waals surface area contributed by atoms with Gasteiger partial charge in [0.25, 0.3) is 5.91 Å². The molecule has 47 heavy (non-hydrogen) atoms. The van der Waals surface area contributed by atoms with Crippen molar-refractivity contribution < 1.29 is 9.59 Å². The molecule has 1 unspecified atom stereocenters. The molecule has 1 saturated heterocycles. The first-order valence-electron chi connectivity index (χ1n) is 17.0. The first kappa shape index (κ1) is 34.1. The maximum absolute atomic E-state index is 13.9. The summed E-state index contributed by atoms with van der Waals surface area (Å²) in [7, 11) is 0. The highest BCUT2D eigenvalue weighted by molar-refractivity contribution is 6.33. The van der Waals surface area contributed by atoms with Gasteiger partial charge in [-0.15, -0.1) is 5.10 Å². The second kappa shape index (κ2) is 17.1.